The van der Waals surface area contributed by atoms with Crippen molar-refractivity contribution in [3.63, 3.8) is 0 Å². The third-order valence-corrected chi connectivity index (χ3v) is 3.83. The van der Waals surface area contributed by atoms with E-state index in [0.717, 1.165) is 36.3 Å². The van der Waals surface area contributed by atoms with Crippen molar-refractivity contribution in [2.24, 2.45) is 5.73 Å². The van der Waals surface area contributed by atoms with E-state index in [1.807, 2.05) is 12.4 Å². The van der Waals surface area contributed by atoms with Crippen LogP contribution >= 0.6 is 0 Å². The lowest BCUT2D eigenvalue weighted by Gasteiger charge is -2.06. The van der Waals surface area contributed by atoms with E-state index in [-0.39, 0.29) is 0 Å². The summed E-state index contributed by atoms with van der Waals surface area (Å²) in [7, 11) is 0. The Hall–Kier alpha value is -2.20. The first-order chi connectivity index (χ1) is 10.3. The smallest absolute Gasteiger partial charge is 0.110 e. The molecule has 0 atom stereocenters. The lowest BCUT2D eigenvalue weighted by atomic mass is 10.1. The van der Waals surface area contributed by atoms with Crippen LogP contribution in [0.25, 0.3) is 11.0 Å². The molecule has 0 unspecified atom stereocenters. The van der Waals surface area contributed by atoms with Crippen molar-refractivity contribution in [2.75, 3.05) is 0 Å². The number of nitrogens with zero attached hydrogens (tertiary/aromatic N) is 3. The van der Waals surface area contributed by atoms with Crippen molar-refractivity contribution in [3.8, 4) is 0 Å². The van der Waals surface area contributed by atoms with Crippen molar-refractivity contribution in [1.29, 1.82) is 0 Å². The summed E-state index contributed by atoms with van der Waals surface area (Å²) < 4.78 is 2.29. The van der Waals surface area contributed by atoms with Crippen LogP contribution in [0, 0.1) is 0 Å². The largest absolute Gasteiger partial charge is 0.328 e. The van der Waals surface area contributed by atoms with Crippen LogP contribution in [-0.2, 0) is 25.9 Å². The van der Waals surface area contributed by atoms with Gasteiger partial charge in [-0.2, -0.15) is 0 Å². The summed E-state index contributed by atoms with van der Waals surface area (Å²) in [5.41, 5.74) is 10.4. The summed E-state index contributed by atoms with van der Waals surface area (Å²) in [6.07, 6.45) is 5.59. The molecular weight excluding hydrogens is 260 g/mol. The van der Waals surface area contributed by atoms with Crippen LogP contribution in [0.4, 0.5) is 0 Å². The van der Waals surface area contributed by atoms with Gasteiger partial charge in [0.05, 0.1) is 11.0 Å². The SMILES string of the molecule is CCn1c(CCc2ccncc2)nc2cc(CN)ccc21. The summed E-state index contributed by atoms with van der Waals surface area (Å²) in [6, 6.07) is 10.4. The highest BCUT2D eigenvalue weighted by Crippen LogP contribution is 2.19. The highest BCUT2D eigenvalue weighted by atomic mass is 15.1. The molecule has 0 saturated heterocycles. The number of aryl methyl sites for hydroxylation is 3. The number of fused-ring (bicyclic) bond motifs is 1. The number of hydrogen-bond acceptors (Lipinski definition) is 3. The molecular formula is C17H20N4. The minimum Gasteiger partial charge on any atom is -0.328 e. The second-order valence-electron chi connectivity index (χ2n) is 5.15. The van der Waals surface area contributed by atoms with Crippen LogP contribution < -0.4 is 5.73 Å². The molecule has 0 fully saturated rings. The maximum absolute atomic E-state index is 5.71. The number of aromatic nitrogens is 3. The zero-order valence-corrected chi connectivity index (χ0v) is 12.3. The number of rotatable bonds is 5. The number of pyridine rings is 1. The molecule has 3 rings (SSSR count). The molecule has 0 aliphatic heterocycles. The molecule has 0 aliphatic rings. The van der Waals surface area contributed by atoms with E-state index in [2.05, 4.69) is 46.8 Å². The lowest BCUT2D eigenvalue weighted by Crippen LogP contribution is -2.03. The minimum absolute atomic E-state index is 0.557. The summed E-state index contributed by atoms with van der Waals surface area (Å²) in [5, 5.41) is 0. The van der Waals surface area contributed by atoms with Gasteiger partial charge in [-0.25, -0.2) is 4.98 Å². The highest BCUT2D eigenvalue weighted by molar-refractivity contribution is 5.77. The Morgan fingerprint density at radius 1 is 1.05 bits per heavy atom. The summed E-state index contributed by atoms with van der Waals surface area (Å²) in [5.74, 6) is 1.14. The zero-order chi connectivity index (χ0) is 14.7. The summed E-state index contributed by atoms with van der Waals surface area (Å²) >= 11 is 0. The van der Waals surface area contributed by atoms with Crippen LogP contribution in [0.15, 0.2) is 42.7 Å². The first-order valence-corrected chi connectivity index (χ1v) is 7.39. The number of imidazole rings is 1. The van der Waals surface area contributed by atoms with E-state index >= 15 is 0 Å². The average molecular weight is 280 g/mol. The Labute approximate surface area is 124 Å². The van der Waals surface area contributed by atoms with Gasteiger partial charge in [-0.1, -0.05) is 6.07 Å². The van der Waals surface area contributed by atoms with Gasteiger partial charge in [0.15, 0.2) is 0 Å². The van der Waals surface area contributed by atoms with Crippen molar-refractivity contribution in [1.82, 2.24) is 14.5 Å². The third kappa shape index (κ3) is 2.81. The molecule has 2 heterocycles. The number of hydrogen-bond donors (Lipinski definition) is 1. The Bertz CT molecular complexity index is 731. The number of nitrogens with two attached hydrogens (primary N) is 1. The van der Waals surface area contributed by atoms with Crippen LogP contribution in [0.1, 0.15) is 23.9 Å². The predicted octanol–water partition coefficient (Wildman–Crippen LogP) is 2.70. The fourth-order valence-corrected chi connectivity index (χ4v) is 2.70. The fraction of sp³-hybridized carbons (Fsp3) is 0.294. The maximum atomic E-state index is 5.71. The minimum atomic E-state index is 0.557. The Morgan fingerprint density at radius 3 is 2.57 bits per heavy atom. The Morgan fingerprint density at radius 2 is 1.86 bits per heavy atom. The molecule has 0 amide bonds. The predicted molar refractivity (Wildman–Crippen MR) is 84.9 cm³/mol. The molecule has 0 aliphatic carbocycles. The molecule has 0 saturated carbocycles. The van der Waals surface area contributed by atoms with E-state index < -0.39 is 0 Å². The topological polar surface area (TPSA) is 56.7 Å². The van der Waals surface area contributed by atoms with Gasteiger partial charge in [0.25, 0.3) is 0 Å². The fourth-order valence-electron chi connectivity index (χ4n) is 2.70. The lowest BCUT2D eigenvalue weighted by molar-refractivity contribution is 0.707. The third-order valence-electron chi connectivity index (χ3n) is 3.83. The van der Waals surface area contributed by atoms with Crippen molar-refractivity contribution < 1.29 is 0 Å². The van der Waals surface area contributed by atoms with E-state index in [1.165, 1.54) is 11.1 Å². The normalized spacial score (nSPS) is 11.1. The van der Waals surface area contributed by atoms with E-state index in [9.17, 15) is 0 Å². The first-order valence-electron chi connectivity index (χ1n) is 7.39. The van der Waals surface area contributed by atoms with Gasteiger partial charge in [0, 0.05) is 31.9 Å². The van der Waals surface area contributed by atoms with Crippen molar-refractivity contribution in [3.05, 3.63) is 59.7 Å². The van der Waals surface area contributed by atoms with E-state index in [1.54, 1.807) is 0 Å². The quantitative estimate of drug-likeness (QED) is 0.781. The second-order valence-corrected chi connectivity index (χ2v) is 5.15. The van der Waals surface area contributed by atoms with Gasteiger partial charge < -0.3 is 10.3 Å². The van der Waals surface area contributed by atoms with Gasteiger partial charge in [0.1, 0.15) is 5.82 Å². The van der Waals surface area contributed by atoms with Crippen LogP contribution in [0.2, 0.25) is 0 Å². The molecule has 0 radical (unpaired) electrons. The molecule has 2 N–H and O–H groups in total. The van der Waals surface area contributed by atoms with Gasteiger partial charge in [-0.15, -0.1) is 0 Å². The van der Waals surface area contributed by atoms with Crippen molar-refractivity contribution in [2.45, 2.75) is 32.9 Å². The first kappa shape index (κ1) is 13.8. The van der Waals surface area contributed by atoms with Crippen LogP contribution in [0.5, 0.6) is 0 Å². The Kier molecular flexibility index (Phi) is 3.97. The second kappa shape index (κ2) is 6.06. The Balaban J connectivity index is 1.90. The number of benzene rings is 1. The molecule has 4 nitrogen and oxygen atoms in total. The molecule has 21 heavy (non-hydrogen) atoms. The molecule has 4 heteroatoms. The summed E-state index contributed by atoms with van der Waals surface area (Å²) in [6.45, 7) is 3.65. The highest BCUT2D eigenvalue weighted by Gasteiger charge is 2.10. The van der Waals surface area contributed by atoms with Crippen molar-refractivity contribution >= 4 is 11.0 Å². The molecule has 0 spiro atoms. The molecule has 0 bridgehead atoms. The average Bonchev–Trinajstić information content (AvgIpc) is 2.90. The van der Waals surface area contributed by atoms with E-state index in [0.29, 0.717) is 6.54 Å². The standard InChI is InChI=1S/C17H20N4/c1-2-21-16-5-3-14(12-18)11-15(16)20-17(21)6-4-13-7-9-19-10-8-13/h3,5,7-11H,2,4,6,12,18H2,1H3. The van der Waals surface area contributed by atoms with Gasteiger partial charge >= 0.3 is 0 Å². The maximum Gasteiger partial charge on any atom is 0.110 e. The van der Waals surface area contributed by atoms with Gasteiger partial charge in [0.2, 0.25) is 0 Å². The summed E-state index contributed by atoms with van der Waals surface area (Å²) in [4.78, 5) is 8.85. The molecule has 3 aromatic rings. The zero-order valence-electron chi connectivity index (χ0n) is 12.3. The van der Waals surface area contributed by atoms with Gasteiger partial charge in [-0.05, 0) is 48.7 Å². The van der Waals surface area contributed by atoms with E-state index in [4.69, 9.17) is 10.7 Å². The van der Waals surface area contributed by atoms with Crippen LogP contribution in [-0.4, -0.2) is 14.5 Å². The molecule has 1 aromatic carbocycles. The molecule has 2 aromatic heterocycles. The monoisotopic (exact) mass is 280 g/mol. The van der Waals surface area contributed by atoms with Crippen LogP contribution in [0.3, 0.4) is 0 Å². The molecule has 108 valence electrons. The van der Waals surface area contributed by atoms with Gasteiger partial charge in [-0.3, -0.25) is 4.98 Å².